The van der Waals surface area contributed by atoms with E-state index in [-0.39, 0.29) is 0 Å². The minimum absolute atomic E-state index is 0.538. The zero-order valence-electron chi connectivity index (χ0n) is 12.0. The van der Waals surface area contributed by atoms with E-state index in [2.05, 4.69) is 15.5 Å². The van der Waals surface area contributed by atoms with Gasteiger partial charge >= 0.3 is 0 Å². The third kappa shape index (κ3) is 3.71. The Morgan fingerprint density at radius 3 is 2.75 bits per heavy atom. The van der Waals surface area contributed by atoms with Crippen molar-refractivity contribution in [3.05, 3.63) is 35.5 Å². The van der Waals surface area contributed by atoms with Gasteiger partial charge in [-0.15, -0.1) is 0 Å². The van der Waals surface area contributed by atoms with Crippen molar-refractivity contribution >= 4 is 0 Å². The van der Waals surface area contributed by atoms with E-state index in [1.54, 1.807) is 14.0 Å². The SMILES string of the molecule is CCOc1ccc(CNCc2nc(C)no2)cc1OC. The van der Waals surface area contributed by atoms with Gasteiger partial charge in [0.15, 0.2) is 17.3 Å². The Morgan fingerprint density at radius 2 is 2.10 bits per heavy atom. The number of hydrogen-bond donors (Lipinski definition) is 1. The summed E-state index contributed by atoms with van der Waals surface area (Å²) in [6.45, 7) is 5.58. The maximum Gasteiger partial charge on any atom is 0.240 e. The van der Waals surface area contributed by atoms with E-state index in [1.165, 1.54) is 0 Å². The highest BCUT2D eigenvalue weighted by Gasteiger charge is 2.06. The van der Waals surface area contributed by atoms with Gasteiger partial charge in [0.1, 0.15) is 0 Å². The number of aryl methyl sites for hydroxylation is 1. The van der Waals surface area contributed by atoms with Crippen LogP contribution in [0.5, 0.6) is 11.5 Å². The van der Waals surface area contributed by atoms with Crippen molar-refractivity contribution in [2.24, 2.45) is 0 Å². The summed E-state index contributed by atoms with van der Waals surface area (Å²) in [6, 6.07) is 5.87. The Bertz CT molecular complexity index is 554. The van der Waals surface area contributed by atoms with Crippen molar-refractivity contribution in [1.29, 1.82) is 0 Å². The van der Waals surface area contributed by atoms with Crippen molar-refractivity contribution < 1.29 is 14.0 Å². The van der Waals surface area contributed by atoms with E-state index in [1.807, 2.05) is 25.1 Å². The van der Waals surface area contributed by atoms with E-state index in [0.29, 0.717) is 31.4 Å². The molecule has 2 aromatic rings. The molecule has 0 aliphatic rings. The van der Waals surface area contributed by atoms with Crippen molar-refractivity contribution in [2.45, 2.75) is 26.9 Å². The van der Waals surface area contributed by atoms with E-state index >= 15 is 0 Å². The van der Waals surface area contributed by atoms with E-state index in [0.717, 1.165) is 17.1 Å². The molecule has 0 saturated heterocycles. The molecule has 0 radical (unpaired) electrons. The molecule has 0 unspecified atom stereocenters. The molecule has 1 heterocycles. The van der Waals surface area contributed by atoms with Crippen LogP contribution in [-0.4, -0.2) is 23.9 Å². The molecule has 0 fully saturated rings. The molecule has 6 nitrogen and oxygen atoms in total. The van der Waals surface area contributed by atoms with Crippen LogP contribution >= 0.6 is 0 Å². The number of nitrogens with zero attached hydrogens (tertiary/aromatic N) is 2. The lowest BCUT2D eigenvalue weighted by Gasteiger charge is -2.11. The first-order valence-corrected chi connectivity index (χ1v) is 6.52. The standard InChI is InChI=1S/C14H19N3O3/c1-4-19-12-6-5-11(7-13(12)18-3)8-15-9-14-16-10(2)17-20-14/h5-7,15H,4,8-9H2,1-3H3. The van der Waals surface area contributed by atoms with Gasteiger partial charge in [-0.05, 0) is 31.5 Å². The summed E-state index contributed by atoms with van der Waals surface area (Å²) >= 11 is 0. The molecule has 1 N–H and O–H groups in total. The minimum Gasteiger partial charge on any atom is -0.493 e. The first kappa shape index (κ1) is 14.3. The molecule has 0 atom stereocenters. The van der Waals surface area contributed by atoms with Crippen LogP contribution in [0.1, 0.15) is 24.2 Å². The predicted molar refractivity (Wildman–Crippen MR) is 73.7 cm³/mol. The fourth-order valence-corrected chi connectivity index (χ4v) is 1.82. The number of benzene rings is 1. The molecule has 0 bridgehead atoms. The maximum atomic E-state index is 5.48. The van der Waals surface area contributed by atoms with Gasteiger partial charge in [-0.25, -0.2) is 0 Å². The van der Waals surface area contributed by atoms with Gasteiger partial charge in [-0.2, -0.15) is 4.98 Å². The Hall–Kier alpha value is -2.08. The van der Waals surface area contributed by atoms with Crippen LogP contribution in [0.3, 0.4) is 0 Å². The number of hydrogen-bond acceptors (Lipinski definition) is 6. The Labute approximate surface area is 118 Å². The van der Waals surface area contributed by atoms with Gasteiger partial charge in [0.05, 0.1) is 20.3 Å². The van der Waals surface area contributed by atoms with E-state index in [4.69, 9.17) is 14.0 Å². The topological polar surface area (TPSA) is 69.4 Å². The summed E-state index contributed by atoms with van der Waals surface area (Å²) in [5.74, 6) is 2.72. The van der Waals surface area contributed by atoms with Gasteiger partial charge in [0.25, 0.3) is 0 Å². The van der Waals surface area contributed by atoms with Gasteiger partial charge < -0.3 is 19.3 Å². The molecule has 0 saturated carbocycles. The number of methoxy groups -OCH3 is 1. The molecule has 2 rings (SSSR count). The number of nitrogens with one attached hydrogen (secondary N) is 1. The monoisotopic (exact) mass is 277 g/mol. The summed E-state index contributed by atoms with van der Waals surface area (Å²) in [7, 11) is 1.64. The third-order valence-electron chi connectivity index (χ3n) is 2.70. The quantitative estimate of drug-likeness (QED) is 0.835. The number of rotatable bonds is 7. The normalized spacial score (nSPS) is 10.6. The molecule has 0 amide bonds. The summed E-state index contributed by atoms with van der Waals surface area (Å²) in [5, 5.41) is 6.98. The second kappa shape index (κ2) is 6.91. The van der Waals surface area contributed by atoms with Crippen LogP contribution in [0.2, 0.25) is 0 Å². The van der Waals surface area contributed by atoms with Crippen molar-refractivity contribution in [1.82, 2.24) is 15.5 Å². The number of aromatic nitrogens is 2. The Morgan fingerprint density at radius 1 is 1.25 bits per heavy atom. The number of ether oxygens (including phenoxy) is 2. The van der Waals surface area contributed by atoms with Gasteiger partial charge in [-0.3, -0.25) is 0 Å². The van der Waals surface area contributed by atoms with E-state index in [9.17, 15) is 0 Å². The molecule has 0 spiro atoms. The largest absolute Gasteiger partial charge is 0.493 e. The molecule has 20 heavy (non-hydrogen) atoms. The van der Waals surface area contributed by atoms with Crippen LogP contribution in [0.4, 0.5) is 0 Å². The molecule has 0 aliphatic heterocycles. The highest BCUT2D eigenvalue weighted by Crippen LogP contribution is 2.27. The van der Waals surface area contributed by atoms with Gasteiger partial charge in [0.2, 0.25) is 5.89 Å². The van der Waals surface area contributed by atoms with Gasteiger partial charge in [0, 0.05) is 6.54 Å². The fraction of sp³-hybridized carbons (Fsp3) is 0.429. The lowest BCUT2D eigenvalue weighted by molar-refractivity contribution is 0.310. The smallest absolute Gasteiger partial charge is 0.240 e. The first-order chi connectivity index (χ1) is 9.72. The molecule has 0 aliphatic carbocycles. The molecule has 1 aromatic carbocycles. The van der Waals surface area contributed by atoms with Crippen LogP contribution in [0, 0.1) is 6.92 Å². The molecule has 6 heteroatoms. The van der Waals surface area contributed by atoms with Crippen LogP contribution < -0.4 is 14.8 Å². The second-order valence-corrected chi connectivity index (χ2v) is 4.26. The lowest BCUT2D eigenvalue weighted by Crippen LogP contribution is -2.13. The van der Waals surface area contributed by atoms with Crippen LogP contribution in [0.15, 0.2) is 22.7 Å². The van der Waals surface area contributed by atoms with Gasteiger partial charge in [-0.1, -0.05) is 11.2 Å². The minimum atomic E-state index is 0.538. The molecule has 108 valence electrons. The second-order valence-electron chi connectivity index (χ2n) is 4.26. The Kier molecular flexibility index (Phi) is 4.95. The summed E-state index contributed by atoms with van der Waals surface area (Å²) < 4.78 is 15.8. The summed E-state index contributed by atoms with van der Waals surface area (Å²) in [4.78, 5) is 4.13. The average Bonchev–Trinajstić information content (AvgIpc) is 2.86. The third-order valence-corrected chi connectivity index (χ3v) is 2.70. The molecule has 1 aromatic heterocycles. The molecular weight excluding hydrogens is 258 g/mol. The maximum absolute atomic E-state index is 5.48. The van der Waals surface area contributed by atoms with Crippen molar-refractivity contribution in [2.75, 3.05) is 13.7 Å². The highest BCUT2D eigenvalue weighted by molar-refractivity contribution is 5.42. The average molecular weight is 277 g/mol. The highest BCUT2D eigenvalue weighted by atomic mass is 16.5. The predicted octanol–water partition coefficient (Wildman–Crippen LogP) is 2.08. The zero-order valence-corrected chi connectivity index (χ0v) is 12.0. The zero-order chi connectivity index (χ0) is 14.4. The molecular formula is C14H19N3O3. The lowest BCUT2D eigenvalue weighted by atomic mass is 10.2. The first-order valence-electron chi connectivity index (χ1n) is 6.52. The van der Waals surface area contributed by atoms with Crippen LogP contribution in [-0.2, 0) is 13.1 Å². The van der Waals surface area contributed by atoms with Crippen LogP contribution in [0.25, 0.3) is 0 Å². The Balaban J connectivity index is 1.92. The summed E-state index contributed by atoms with van der Waals surface area (Å²) in [5.41, 5.74) is 1.10. The van der Waals surface area contributed by atoms with Crippen molar-refractivity contribution in [3.8, 4) is 11.5 Å². The van der Waals surface area contributed by atoms with E-state index < -0.39 is 0 Å². The van der Waals surface area contributed by atoms with Crippen molar-refractivity contribution in [3.63, 3.8) is 0 Å². The summed E-state index contributed by atoms with van der Waals surface area (Å²) in [6.07, 6.45) is 0. The fourth-order valence-electron chi connectivity index (χ4n) is 1.82.